The van der Waals surface area contributed by atoms with Crippen molar-refractivity contribution in [2.45, 2.75) is 27.7 Å². The molecule has 0 spiro atoms. The van der Waals surface area contributed by atoms with E-state index in [1.165, 1.54) is 0 Å². The van der Waals surface area contributed by atoms with Crippen molar-refractivity contribution in [3.8, 4) is 0 Å². The fourth-order valence-electron chi connectivity index (χ4n) is 0. The fourth-order valence-corrected chi connectivity index (χ4v) is 0. The number of amides is 1. The van der Waals surface area contributed by atoms with E-state index in [0.717, 1.165) is 6.08 Å². The van der Waals surface area contributed by atoms with Gasteiger partial charge in [0.25, 0.3) is 0 Å². The Morgan fingerprint density at radius 2 is 1.50 bits per heavy atom. The van der Waals surface area contributed by atoms with E-state index in [2.05, 4.69) is 12.3 Å². The first-order chi connectivity index (χ1) is 5.21. The predicted octanol–water partition coefficient (Wildman–Crippen LogP) is 1.28. The molecule has 0 aromatic carbocycles. The third-order valence-corrected chi connectivity index (χ3v) is 1.26. The van der Waals surface area contributed by atoms with Crippen LogP contribution in [0, 0.1) is 5.41 Å². The molecular weight excluding hydrogens is 154 g/mol. The SMILES string of the molecule is C=CC(N)=O.CC(=O)C(C)(C)C. The Kier molecular flexibility index (Phi) is 6.20. The minimum atomic E-state index is -0.481. The molecule has 0 aromatic heterocycles. The smallest absolute Gasteiger partial charge is 0.240 e. The van der Waals surface area contributed by atoms with E-state index in [1.807, 2.05) is 20.8 Å². The van der Waals surface area contributed by atoms with E-state index in [1.54, 1.807) is 6.92 Å². The van der Waals surface area contributed by atoms with E-state index in [4.69, 9.17) is 0 Å². The number of carbonyl (C=O) groups excluding carboxylic acids is 2. The van der Waals surface area contributed by atoms with Crippen molar-refractivity contribution < 1.29 is 9.59 Å². The van der Waals surface area contributed by atoms with Crippen molar-refractivity contribution >= 4 is 11.7 Å². The minimum Gasteiger partial charge on any atom is -0.366 e. The number of carbonyl (C=O) groups is 2. The third-order valence-electron chi connectivity index (χ3n) is 1.26. The summed E-state index contributed by atoms with van der Waals surface area (Å²) in [6.45, 7) is 10.4. The molecular formula is C9H17NO2. The van der Waals surface area contributed by atoms with Crippen LogP contribution in [0.1, 0.15) is 27.7 Å². The van der Waals surface area contributed by atoms with Crippen LogP contribution in [0.3, 0.4) is 0 Å². The van der Waals surface area contributed by atoms with Gasteiger partial charge in [-0.3, -0.25) is 9.59 Å². The highest BCUT2D eigenvalue weighted by molar-refractivity contribution is 5.85. The Morgan fingerprint density at radius 3 is 1.50 bits per heavy atom. The summed E-state index contributed by atoms with van der Waals surface area (Å²) >= 11 is 0. The molecule has 2 N–H and O–H groups in total. The summed E-state index contributed by atoms with van der Waals surface area (Å²) in [6.07, 6.45) is 1.06. The molecule has 0 saturated heterocycles. The molecule has 0 aliphatic rings. The number of rotatable bonds is 1. The second-order valence-electron chi connectivity index (χ2n) is 3.41. The maximum absolute atomic E-state index is 10.5. The van der Waals surface area contributed by atoms with E-state index < -0.39 is 5.91 Å². The zero-order valence-electron chi connectivity index (χ0n) is 8.18. The van der Waals surface area contributed by atoms with Crippen molar-refractivity contribution in [3.05, 3.63) is 12.7 Å². The normalized spacial score (nSPS) is 9.33. The van der Waals surface area contributed by atoms with Crippen molar-refractivity contribution in [2.75, 3.05) is 0 Å². The number of primary amides is 1. The molecule has 0 radical (unpaired) electrons. The van der Waals surface area contributed by atoms with Crippen LogP contribution in [0.15, 0.2) is 12.7 Å². The molecule has 0 bridgehead atoms. The molecule has 0 fully saturated rings. The molecule has 0 heterocycles. The average molecular weight is 171 g/mol. The molecule has 3 nitrogen and oxygen atoms in total. The van der Waals surface area contributed by atoms with Gasteiger partial charge in [0.15, 0.2) is 0 Å². The Bertz CT molecular complexity index is 177. The molecule has 12 heavy (non-hydrogen) atoms. The van der Waals surface area contributed by atoms with Crippen LogP contribution in [0.4, 0.5) is 0 Å². The highest BCUT2D eigenvalue weighted by atomic mass is 16.1. The molecule has 1 amide bonds. The van der Waals surface area contributed by atoms with Gasteiger partial charge in [0, 0.05) is 5.41 Å². The first-order valence-corrected chi connectivity index (χ1v) is 3.64. The summed E-state index contributed by atoms with van der Waals surface area (Å²) in [6, 6.07) is 0. The second kappa shape index (κ2) is 5.52. The summed E-state index contributed by atoms with van der Waals surface area (Å²) in [5.41, 5.74) is 4.40. The second-order valence-corrected chi connectivity index (χ2v) is 3.41. The van der Waals surface area contributed by atoms with E-state index in [9.17, 15) is 9.59 Å². The Labute approximate surface area is 73.6 Å². The summed E-state index contributed by atoms with van der Waals surface area (Å²) in [4.78, 5) is 19.9. The van der Waals surface area contributed by atoms with Gasteiger partial charge in [-0.2, -0.15) is 0 Å². The molecule has 0 rings (SSSR count). The quantitative estimate of drug-likeness (QED) is 0.604. The van der Waals surface area contributed by atoms with Gasteiger partial charge in [-0.15, -0.1) is 0 Å². The molecule has 0 unspecified atom stereocenters. The fraction of sp³-hybridized carbons (Fsp3) is 0.556. The van der Waals surface area contributed by atoms with Crippen molar-refractivity contribution in [2.24, 2.45) is 11.1 Å². The Morgan fingerprint density at radius 1 is 1.33 bits per heavy atom. The lowest BCUT2D eigenvalue weighted by Gasteiger charge is -2.11. The first-order valence-electron chi connectivity index (χ1n) is 3.64. The van der Waals surface area contributed by atoms with E-state index in [-0.39, 0.29) is 11.2 Å². The van der Waals surface area contributed by atoms with Crippen molar-refractivity contribution in [3.63, 3.8) is 0 Å². The molecule has 0 aliphatic carbocycles. The Hall–Kier alpha value is -1.12. The number of Topliss-reactive ketones (excluding diaryl/α,β-unsaturated/α-hetero) is 1. The van der Waals surface area contributed by atoms with Crippen LogP contribution >= 0.6 is 0 Å². The van der Waals surface area contributed by atoms with Gasteiger partial charge in [0.2, 0.25) is 5.91 Å². The zero-order valence-corrected chi connectivity index (χ0v) is 8.18. The molecule has 0 aliphatic heterocycles. The minimum absolute atomic E-state index is 0.139. The van der Waals surface area contributed by atoms with Crippen LogP contribution in [0.2, 0.25) is 0 Å². The van der Waals surface area contributed by atoms with E-state index in [0.29, 0.717) is 0 Å². The van der Waals surface area contributed by atoms with Crippen LogP contribution in [0.25, 0.3) is 0 Å². The predicted molar refractivity (Wildman–Crippen MR) is 49.5 cm³/mol. The average Bonchev–Trinajstić information content (AvgIpc) is 1.87. The van der Waals surface area contributed by atoms with Gasteiger partial charge in [-0.05, 0) is 13.0 Å². The third kappa shape index (κ3) is 11.6. The zero-order chi connectivity index (χ0) is 10.4. The van der Waals surface area contributed by atoms with Gasteiger partial charge in [0.1, 0.15) is 5.78 Å². The molecule has 0 aromatic rings. The molecule has 0 saturated carbocycles. The molecule has 70 valence electrons. The van der Waals surface area contributed by atoms with Crippen LogP contribution in [-0.4, -0.2) is 11.7 Å². The van der Waals surface area contributed by atoms with Gasteiger partial charge in [-0.1, -0.05) is 27.4 Å². The standard InChI is InChI=1S/C6H12O.C3H5NO/c1-5(7)6(2,3)4;1-2-3(4)5/h1-4H3;2H,1H2,(H2,4,5). The van der Waals surface area contributed by atoms with Gasteiger partial charge in [0.05, 0.1) is 0 Å². The highest BCUT2D eigenvalue weighted by Crippen LogP contribution is 2.12. The molecule has 0 atom stereocenters. The van der Waals surface area contributed by atoms with Crippen LogP contribution in [0.5, 0.6) is 0 Å². The monoisotopic (exact) mass is 171 g/mol. The van der Waals surface area contributed by atoms with Gasteiger partial charge in [-0.25, -0.2) is 0 Å². The van der Waals surface area contributed by atoms with Gasteiger partial charge >= 0.3 is 0 Å². The number of ketones is 1. The van der Waals surface area contributed by atoms with E-state index >= 15 is 0 Å². The lowest BCUT2D eigenvalue weighted by atomic mass is 9.92. The summed E-state index contributed by atoms with van der Waals surface area (Å²) in [7, 11) is 0. The first kappa shape index (κ1) is 13.5. The van der Waals surface area contributed by atoms with Crippen molar-refractivity contribution in [1.82, 2.24) is 0 Å². The summed E-state index contributed by atoms with van der Waals surface area (Å²) in [5, 5.41) is 0. The maximum atomic E-state index is 10.5. The van der Waals surface area contributed by atoms with Crippen LogP contribution < -0.4 is 5.73 Å². The summed E-state index contributed by atoms with van der Waals surface area (Å²) < 4.78 is 0. The molecule has 3 heteroatoms. The largest absolute Gasteiger partial charge is 0.366 e. The van der Waals surface area contributed by atoms with Crippen molar-refractivity contribution in [1.29, 1.82) is 0 Å². The maximum Gasteiger partial charge on any atom is 0.240 e. The lowest BCUT2D eigenvalue weighted by molar-refractivity contribution is -0.124. The highest BCUT2D eigenvalue weighted by Gasteiger charge is 2.14. The number of hydrogen-bond acceptors (Lipinski definition) is 2. The number of nitrogens with two attached hydrogens (primary N) is 1. The summed E-state index contributed by atoms with van der Waals surface area (Å²) in [5.74, 6) is -0.238. The Balaban J connectivity index is 0. The van der Waals surface area contributed by atoms with Gasteiger partial charge < -0.3 is 5.73 Å². The lowest BCUT2D eigenvalue weighted by Crippen LogP contribution is -2.15. The topological polar surface area (TPSA) is 60.2 Å². The number of hydrogen-bond donors (Lipinski definition) is 1. The van der Waals surface area contributed by atoms with Crippen LogP contribution in [-0.2, 0) is 9.59 Å².